The SMILES string of the molecule is NCC[C@H]1CPc2ccccc2C12SC(c1cc(F)ccc1F)=NN2C(=O)N1CCOCC1. The van der Waals surface area contributed by atoms with Crippen molar-refractivity contribution in [2.45, 2.75) is 11.3 Å². The number of morpholine rings is 1. The summed E-state index contributed by atoms with van der Waals surface area (Å²) >= 11 is 1.34. The van der Waals surface area contributed by atoms with Crippen molar-refractivity contribution < 1.29 is 18.3 Å². The van der Waals surface area contributed by atoms with Crippen LogP contribution in [0.1, 0.15) is 17.5 Å². The number of carbonyl (C=O) groups excluding carboxylic acids is 1. The summed E-state index contributed by atoms with van der Waals surface area (Å²) < 4.78 is 34.3. The van der Waals surface area contributed by atoms with Gasteiger partial charge in [0, 0.05) is 24.6 Å². The van der Waals surface area contributed by atoms with Crippen LogP contribution in [0.4, 0.5) is 13.6 Å². The number of hydrogen-bond acceptors (Lipinski definition) is 5. The fourth-order valence-electron chi connectivity index (χ4n) is 4.69. The first-order valence-corrected chi connectivity index (χ1v) is 13.0. The second-order valence-electron chi connectivity index (χ2n) is 8.22. The molecule has 174 valence electrons. The van der Waals surface area contributed by atoms with Crippen LogP contribution >= 0.6 is 20.3 Å². The number of nitrogens with zero attached hydrogens (tertiary/aromatic N) is 3. The Morgan fingerprint density at radius 3 is 2.82 bits per heavy atom. The molecule has 0 radical (unpaired) electrons. The standard InChI is InChI=1S/C23H25F2N4O2PS/c24-16-5-6-19(25)17(13-16)21-27-29(22(30)28-9-11-31-12-10-28)23(33-21)15(7-8-26)14-32-20-4-2-1-3-18(20)23/h1-6,13,15,32H,7-12,14,26H2/t15-,23?/m0/s1. The molecule has 3 heterocycles. The highest BCUT2D eigenvalue weighted by molar-refractivity contribution is 8.15. The lowest BCUT2D eigenvalue weighted by Gasteiger charge is -2.47. The summed E-state index contributed by atoms with van der Waals surface area (Å²) in [4.78, 5) is 14.7. The van der Waals surface area contributed by atoms with Gasteiger partial charge < -0.3 is 15.4 Å². The van der Waals surface area contributed by atoms with Crippen LogP contribution in [0.5, 0.6) is 0 Å². The van der Waals surface area contributed by atoms with Gasteiger partial charge in [-0.2, -0.15) is 10.1 Å². The molecule has 2 aromatic carbocycles. The minimum Gasteiger partial charge on any atom is -0.378 e. The molecule has 2 aromatic rings. The van der Waals surface area contributed by atoms with E-state index >= 15 is 0 Å². The van der Waals surface area contributed by atoms with Crippen LogP contribution in [0.25, 0.3) is 0 Å². The van der Waals surface area contributed by atoms with Crippen LogP contribution in [0.3, 0.4) is 0 Å². The van der Waals surface area contributed by atoms with E-state index in [1.165, 1.54) is 16.8 Å². The Labute approximate surface area is 197 Å². The Hall–Kier alpha value is -2.06. The van der Waals surface area contributed by atoms with Crippen molar-refractivity contribution in [3.63, 3.8) is 0 Å². The Morgan fingerprint density at radius 1 is 1.24 bits per heavy atom. The molecule has 3 aliphatic heterocycles. The van der Waals surface area contributed by atoms with E-state index < -0.39 is 16.5 Å². The van der Waals surface area contributed by atoms with E-state index in [4.69, 9.17) is 10.5 Å². The number of ether oxygens (including phenoxy) is 1. The number of urea groups is 1. The van der Waals surface area contributed by atoms with Crippen molar-refractivity contribution in [2.24, 2.45) is 16.8 Å². The molecule has 0 aromatic heterocycles. The molecule has 0 saturated carbocycles. The number of amides is 2. The number of nitrogens with two attached hydrogens (primary N) is 1. The molecule has 2 N–H and O–H groups in total. The Bertz CT molecular complexity index is 1100. The quantitative estimate of drug-likeness (QED) is 0.671. The zero-order chi connectivity index (χ0) is 23.0. The maximum atomic E-state index is 14.8. The molecule has 0 bridgehead atoms. The maximum absolute atomic E-state index is 14.8. The van der Waals surface area contributed by atoms with E-state index in [2.05, 4.69) is 11.2 Å². The van der Waals surface area contributed by atoms with Crippen molar-refractivity contribution in [1.29, 1.82) is 0 Å². The predicted octanol–water partition coefficient (Wildman–Crippen LogP) is 3.26. The second kappa shape index (κ2) is 9.29. The zero-order valence-corrected chi connectivity index (χ0v) is 19.8. The van der Waals surface area contributed by atoms with Crippen molar-refractivity contribution in [2.75, 3.05) is 39.0 Å². The fraction of sp³-hybridized carbons (Fsp3) is 0.391. The van der Waals surface area contributed by atoms with Crippen LogP contribution in [-0.2, 0) is 9.61 Å². The van der Waals surface area contributed by atoms with Gasteiger partial charge in [-0.3, -0.25) is 0 Å². The third-order valence-corrected chi connectivity index (χ3v) is 9.35. The van der Waals surface area contributed by atoms with E-state index in [1.54, 1.807) is 4.90 Å². The van der Waals surface area contributed by atoms with Gasteiger partial charge in [0.2, 0.25) is 0 Å². The number of hydrogen-bond donors (Lipinski definition) is 1. The second-order valence-corrected chi connectivity index (χ2v) is 10.7. The molecule has 5 rings (SSSR count). The molecule has 33 heavy (non-hydrogen) atoms. The molecule has 10 heteroatoms. The first-order chi connectivity index (χ1) is 16.0. The highest BCUT2D eigenvalue weighted by Crippen LogP contribution is 2.57. The van der Waals surface area contributed by atoms with Gasteiger partial charge in [0.15, 0.2) is 0 Å². The lowest BCUT2D eigenvalue weighted by Crippen LogP contribution is -2.56. The molecular formula is C23H25F2N4O2PS. The number of rotatable bonds is 3. The average Bonchev–Trinajstić information content (AvgIpc) is 3.23. The first-order valence-electron chi connectivity index (χ1n) is 11.0. The highest BCUT2D eigenvalue weighted by atomic mass is 32.2. The van der Waals surface area contributed by atoms with Crippen LogP contribution in [-0.4, -0.2) is 60.0 Å². The third kappa shape index (κ3) is 3.95. The number of halogens is 2. The largest absolute Gasteiger partial charge is 0.378 e. The van der Waals surface area contributed by atoms with Gasteiger partial charge in [0.25, 0.3) is 0 Å². The topological polar surface area (TPSA) is 71.2 Å². The van der Waals surface area contributed by atoms with E-state index in [0.717, 1.165) is 35.2 Å². The first kappa shape index (κ1) is 22.7. The van der Waals surface area contributed by atoms with Crippen molar-refractivity contribution in [1.82, 2.24) is 9.91 Å². The van der Waals surface area contributed by atoms with Gasteiger partial charge in [-0.15, -0.1) is 0 Å². The van der Waals surface area contributed by atoms with Crippen LogP contribution < -0.4 is 11.0 Å². The summed E-state index contributed by atoms with van der Waals surface area (Å²) in [5, 5.41) is 7.66. The lowest BCUT2D eigenvalue weighted by molar-refractivity contribution is 0.0329. The summed E-state index contributed by atoms with van der Waals surface area (Å²) in [6.45, 7) is 2.29. The molecular weight excluding hydrogens is 465 g/mol. The number of carbonyl (C=O) groups is 1. The lowest BCUT2D eigenvalue weighted by atomic mass is 9.89. The summed E-state index contributed by atoms with van der Waals surface area (Å²) in [5.74, 6) is -1.10. The maximum Gasteiger partial charge on any atom is 0.342 e. The van der Waals surface area contributed by atoms with Crippen molar-refractivity contribution >= 4 is 36.7 Å². The van der Waals surface area contributed by atoms with E-state index in [1.807, 2.05) is 18.2 Å². The van der Waals surface area contributed by atoms with Gasteiger partial charge >= 0.3 is 6.03 Å². The smallest absolute Gasteiger partial charge is 0.342 e. The fourth-order valence-corrected chi connectivity index (χ4v) is 8.11. The van der Waals surface area contributed by atoms with Gasteiger partial charge in [-0.1, -0.05) is 44.6 Å². The van der Waals surface area contributed by atoms with Gasteiger partial charge in [0.05, 0.1) is 13.2 Å². The summed E-state index contributed by atoms with van der Waals surface area (Å²) in [7, 11) is 0.582. The van der Waals surface area contributed by atoms with Gasteiger partial charge in [-0.05, 0) is 48.2 Å². The highest BCUT2D eigenvalue weighted by Gasteiger charge is 2.56. The zero-order valence-electron chi connectivity index (χ0n) is 18.0. The Morgan fingerprint density at radius 2 is 2.03 bits per heavy atom. The monoisotopic (exact) mass is 490 g/mol. The molecule has 1 spiro atoms. The van der Waals surface area contributed by atoms with Crippen molar-refractivity contribution in [3.05, 3.63) is 65.2 Å². The molecule has 6 nitrogen and oxygen atoms in total. The molecule has 2 amide bonds. The Balaban J connectivity index is 1.67. The number of hydrazone groups is 1. The molecule has 1 fully saturated rings. The molecule has 2 unspecified atom stereocenters. The van der Waals surface area contributed by atoms with Crippen LogP contribution in [0.15, 0.2) is 47.6 Å². The minimum absolute atomic E-state index is 0.0172. The molecule has 1 saturated heterocycles. The van der Waals surface area contributed by atoms with Gasteiger partial charge in [-0.25, -0.2) is 13.6 Å². The minimum atomic E-state index is -0.870. The average molecular weight is 491 g/mol. The molecule has 3 aliphatic rings. The van der Waals surface area contributed by atoms with Crippen LogP contribution in [0.2, 0.25) is 0 Å². The molecule has 0 aliphatic carbocycles. The number of thioether (sulfide) groups is 1. The Kier molecular flexibility index (Phi) is 6.40. The predicted molar refractivity (Wildman–Crippen MR) is 128 cm³/mol. The molecule has 3 atom stereocenters. The van der Waals surface area contributed by atoms with Gasteiger partial charge in [0.1, 0.15) is 21.5 Å². The van der Waals surface area contributed by atoms with E-state index in [-0.39, 0.29) is 17.5 Å². The summed E-state index contributed by atoms with van der Waals surface area (Å²) in [6, 6.07) is 11.1. The number of benzene rings is 2. The van der Waals surface area contributed by atoms with E-state index in [0.29, 0.717) is 52.9 Å². The van der Waals surface area contributed by atoms with Crippen molar-refractivity contribution in [3.8, 4) is 0 Å². The summed E-state index contributed by atoms with van der Waals surface area (Å²) in [5.41, 5.74) is 7.06. The van der Waals surface area contributed by atoms with Crippen LogP contribution in [0, 0.1) is 17.6 Å². The van der Waals surface area contributed by atoms with E-state index in [9.17, 15) is 13.6 Å². The normalized spacial score (nSPS) is 25.4. The summed E-state index contributed by atoms with van der Waals surface area (Å²) in [6.07, 6.45) is 1.54. The number of fused-ring (bicyclic) bond motifs is 2. The third-order valence-electron chi connectivity index (χ3n) is 6.30.